The summed E-state index contributed by atoms with van der Waals surface area (Å²) in [6, 6.07) is 3.07. The minimum absolute atomic E-state index is 0.0705. The van der Waals surface area contributed by atoms with Gasteiger partial charge in [-0.05, 0) is 38.5 Å². The minimum atomic E-state index is -4.64. The summed E-state index contributed by atoms with van der Waals surface area (Å²) in [5.74, 6) is -1.08. The summed E-state index contributed by atoms with van der Waals surface area (Å²) in [5.41, 5.74) is -2.53. The monoisotopic (exact) mass is 378 g/mol. The number of halogens is 4. The van der Waals surface area contributed by atoms with E-state index in [0.29, 0.717) is 6.54 Å². The molecule has 0 unspecified atom stereocenters. The summed E-state index contributed by atoms with van der Waals surface area (Å²) in [7, 11) is 1.59. The number of hydrogen-bond acceptors (Lipinski definition) is 2. The Labute approximate surface area is 150 Å². The Balaban J connectivity index is 2.96. The van der Waals surface area contributed by atoms with Crippen molar-refractivity contribution in [3.05, 3.63) is 28.8 Å². The third-order valence-corrected chi connectivity index (χ3v) is 4.16. The van der Waals surface area contributed by atoms with Gasteiger partial charge in [0.15, 0.2) is 0 Å². The fourth-order valence-electron chi connectivity index (χ4n) is 2.18. The second kappa shape index (κ2) is 8.08. The van der Waals surface area contributed by atoms with Gasteiger partial charge in [0.25, 0.3) is 0 Å². The number of carbonyl (C=O) groups is 2. The van der Waals surface area contributed by atoms with Crippen LogP contribution in [0.1, 0.15) is 39.2 Å². The van der Waals surface area contributed by atoms with Crippen LogP contribution >= 0.6 is 11.6 Å². The summed E-state index contributed by atoms with van der Waals surface area (Å²) in [4.78, 5) is 26.3. The molecule has 0 bridgehead atoms. The van der Waals surface area contributed by atoms with Crippen LogP contribution in [-0.2, 0) is 15.8 Å². The van der Waals surface area contributed by atoms with Crippen molar-refractivity contribution in [3.63, 3.8) is 0 Å². The van der Waals surface area contributed by atoms with E-state index in [2.05, 4.69) is 5.32 Å². The lowest BCUT2D eigenvalue weighted by atomic mass is 9.90. The van der Waals surface area contributed by atoms with Crippen molar-refractivity contribution >= 4 is 29.1 Å². The van der Waals surface area contributed by atoms with Crippen LogP contribution in [-0.4, -0.2) is 30.3 Å². The number of alkyl halides is 3. The summed E-state index contributed by atoms with van der Waals surface area (Å²) < 4.78 is 38.7. The zero-order chi connectivity index (χ0) is 19.4. The van der Waals surface area contributed by atoms with Crippen molar-refractivity contribution < 1.29 is 22.8 Å². The van der Waals surface area contributed by atoms with E-state index >= 15 is 0 Å². The van der Waals surface area contributed by atoms with E-state index in [4.69, 9.17) is 11.6 Å². The van der Waals surface area contributed by atoms with Gasteiger partial charge in [-0.1, -0.05) is 24.9 Å². The van der Waals surface area contributed by atoms with E-state index in [9.17, 15) is 22.8 Å². The van der Waals surface area contributed by atoms with Crippen LogP contribution in [0.2, 0.25) is 5.02 Å². The topological polar surface area (TPSA) is 49.4 Å². The number of amides is 2. The van der Waals surface area contributed by atoms with E-state index in [1.54, 1.807) is 7.05 Å². The van der Waals surface area contributed by atoms with Crippen LogP contribution in [0, 0.1) is 5.41 Å². The Morgan fingerprint density at radius 1 is 1.24 bits per heavy atom. The molecular weight excluding hydrogens is 357 g/mol. The normalized spacial score (nSPS) is 12.0. The Kier molecular flexibility index (Phi) is 6.88. The molecule has 140 valence electrons. The van der Waals surface area contributed by atoms with Gasteiger partial charge in [-0.3, -0.25) is 9.59 Å². The zero-order valence-corrected chi connectivity index (χ0v) is 15.4. The molecule has 4 nitrogen and oxygen atoms in total. The number of benzene rings is 1. The van der Waals surface area contributed by atoms with E-state index in [-0.39, 0.29) is 5.69 Å². The molecule has 0 spiro atoms. The fourth-order valence-corrected chi connectivity index (χ4v) is 2.40. The van der Waals surface area contributed by atoms with Gasteiger partial charge in [-0.2, -0.15) is 13.2 Å². The molecule has 1 rings (SSSR count). The molecule has 1 aromatic rings. The van der Waals surface area contributed by atoms with Crippen LogP contribution in [0.4, 0.5) is 18.9 Å². The second-order valence-corrected chi connectivity index (χ2v) is 6.76. The number of unbranched alkanes of at least 4 members (excludes halogenated alkanes) is 1. The highest BCUT2D eigenvalue weighted by Crippen LogP contribution is 2.36. The molecule has 2 amide bonds. The molecule has 0 fully saturated rings. The molecule has 0 saturated heterocycles. The van der Waals surface area contributed by atoms with E-state index in [0.717, 1.165) is 25.0 Å². The SMILES string of the molecule is CCCCN(C)C(=O)C(C)(C)C(=O)Nc1ccc(Cl)c(C(F)(F)F)c1. The van der Waals surface area contributed by atoms with Gasteiger partial charge in [0.1, 0.15) is 5.41 Å². The molecule has 8 heteroatoms. The van der Waals surface area contributed by atoms with Crippen LogP contribution in [0.5, 0.6) is 0 Å². The first kappa shape index (κ1) is 21.3. The molecule has 1 aromatic carbocycles. The minimum Gasteiger partial charge on any atom is -0.345 e. The van der Waals surface area contributed by atoms with Gasteiger partial charge in [0.2, 0.25) is 11.8 Å². The molecule has 1 N–H and O–H groups in total. The first-order chi connectivity index (χ1) is 11.4. The van der Waals surface area contributed by atoms with E-state index in [1.807, 2.05) is 6.92 Å². The number of nitrogens with zero attached hydrogens (tertiary/aromatic N) is 1. The van der Waals surface area contributed by atoms with Gasteiger partial charge in [0.05, 0.1) is 10.6 Å². The highest BCUT2D eigenvalue weighted by molar-refractivity contribution is 6.31. The highest BCUT2D eigenvalue weighted by Gasteiger charge is 2.39. The number of hydrogen-bond donors (Lipinski definition) is 1. The third-order valence-electron chi connectivity index (χ3n) is 3.83. The zero-order valence-electron chi connectivity index (χ0n) is 14.6. The first-order valence-corrected chi connectivity index (χ1v) is 8.22. The summed E-state index contributed by atoms with van der Waals surface area (Å²) in [6.07, 6.45) is -2.94. The molecule has 0 saturated carbocycles. The Bertz CT molecular complexity index is 645. The Morgan fingerprint density at radius 3 is 2.36 bits per heavy atom. The van der Waals surface area contributed by atoms with Crippen LogP contribution < -0.4 is 5.32 Å². The van der Waals surface area contributed by atoms with Gasteiger partial charge >= 0.3 is 6.18 Å². The number of rotatable bonds is 6. The molecular formula is C17H22ClF3N2O2. The average molecular weight is 379 g/mol. The maximum Gasteiger partial charge on any atom is 0.417 e. The Morgan fingerprint density at radius 2 is 1.84 bits per heavy atom. The standard InChI is InChI=1S/C17H22ClF3N2O2/c1-5-6-9-23(4)15(25)16(2,3)14(24)22-11-7-8-13(18)12(10-11)17(19,20)21/h7-8,10H,5-6,9H2,1-4H3,(H,22,24). The van der Waals surface area contributed by atoms with Crippen LogP contribution in [0.15, 0.2) is 18.2 Å². The number of nitrogens with one attached hydrogen (secondary N) is 1. The summed E-state index contributed by atoms with van der Waals surface area (Å²) in [6.45, 7) is 5.36. The van der Waals surface area contributed by atoms with Gasteiger partial charge in [0, 0.05) is 19.3 Å². The van der Waals surface area contributed by atoms with Crippen molar-refractivity contribution in [2.24, 2.45) is 5.41 Å². The summed E-state index contributed by atoms with van der Waals surface area (Å²) >= 11 is 5.55. The second-order valence-electron chi connectivity index (χ2n) is 6.35. The van der Waals surface area contributed by atoms with E-state index in [1.165, 1.54) is 24.8 Å². The highest BCUT2D eigenvalue weighted by atomic mass is 35.5. The van der Waals surface area contributed by atoms with Crippen molar-refractivity contribution in [1.82, 2.24) is 4.90 Å². The lowest BCUT2D eigenvalue weighted by Gasteiger charge is -2.28. The lowest BCUT2D eigenvalue weighted by molar-refractivity contribution is -0.145. The Hall–Kier alpha value is -1.76. The predicted octanol–water partition coefficient (Wildman–Crippen LogP) is 4.58. The molecule has 0 atom stereocenters. The largest absolute Gasteiger partial charge is 0.417 e. The average Bonchev–Trinajstić information content (AvgIpc) is 2.52. The maximum absolute atomic E-state index is 12.9. The first-order valence-electron chi connectivity index (χ1n) is 7.85. The van der Waals surface area contributed by atoms with Gasteiger partial charge in [-0.15, -0.1) is 0 Å². The molecule has 0 radical (unpaired) electrons. The van der Waals surface area contributed by atoms with Crippen molar-refractivity contribution in [2.75, 3.05) is 18.9 Å². The van der Waals surface area contributed by atoms with Crippen LogP contribution in [0.3, 0.4) is 0 Å². The molecule has 0 aliphatic carbocycles. The van der Waals surface area contributed by atoms with Crippen LogP contribution in [0.25, 0.3) is 0 Å². The predicted molar refractivity (Wildman–Crippen MR) is 91.4 cm³/mol. The van der Waals surface area contributed by atoms with Gasteiger partial charge < -0.3 is 10.2 Å². The van der Waals surface area contributed by atoms with Crippen molar-refractivity contribution in [2.45, 2.75) is 39.8 Å². The fraction of sp³-hybridized carbons (Fsp3) is 0.529. The summed E-state index contributed by atoms with van der Waals surface area (Å²) in [5, 5.41) is 1.91. The third kappa shape index (κ3) is 5.36. The van der Waals surface area contributed by atoms with Crippen molar-refractivity contribution in [1.29, 1.82) is 0 Å². The molecule has 0 aliphatic rings. The maximum atomic E-state index is 12.9. The number of anilines is 1. The molecule has 0 heterocycles. The van der Waals surface area contributed by atoms with E-state index < -0.39 is 34.0 Å². The molecule has 0 aliphatic heterocycles. The smallest absolute Gasteiger partial charge is 0.345 e. The molecule has 25 heavy (non-hydrogen) atoms. The lowest BCUT2D eigenvalue weighted by Crippen LogP contribution is -2.46. The van der Waals surface area contributed by atoms with Gasteiger partial charge in [-0.25, -0.2) is 0 Å². The number of carbonyl (C=O) groups excluding carboxylic acids is 2. The molecule has 0 aromatic heterocycles. The van der Waals surface area contributed by atoms with Crippen molar-refractivity contribution in [3.8, 4) is 0 Å². The quantitative estimate of drug-likeness (QED) is 0.736.